The molecule has 72 valence electrons. The van der Waals surface area contributed by atoms with E-state index in [-0.39, 0.29) is 0 Å². The van der Waals surface area contributed by atoms with Gasteiger partial charge in [0.25, 0.3) is 10.2 Å². The molecule has 1 aromatic rings. The molecule has 0 bridgehead atoms. The number of hydrazine groups is 1. The molecule has 0 saturated heterocycles. The van der Waals surface area contributed by atoms with Crippen molar-refractivity contribution < 1.29 is 8.42 Å². The van der Waals surface area contributed by atoms with Crippen LogP contribution in [-0.2, 0) is 10.2 Å². The Bertz CT molecular complexity index is 372. The van der Waals surface area contributed by atoms with Crippen molar-refractivity contribution in [2.45, 2.75) is 0 Å². The number of anilines is 2. The first kappa shape index (κ1) is 9.78. The number of nitrogen functional groups attached to an aromatic ring is 1. The standard InChI is InChI=1S/C6H10N4O2S/c7-9-5-1-3-6(4-2-5)10-13(8,11)12/h1-4,9-10H,7H2,(H2,8,11,12). The van der Waals surface area contributed by atoms with Crippen LogP contribution in [0.15, 0.2) is 24.3 Å². The first-order valence-corrected chi connectivity index (χ1v) is 4.93. The maximum absolute atomic E-state index is 10.6. The summed E-state index contributed by atoms with van der Waals surface area (Å²) in [4.78, 5) is 0. The summed E-state index contributed by atoms with van der Waals surface area (Å²) in [7, 11) is -3.70. The molecule has 0 radical (unpaired) electrons. The minimum absolute atomic E-state index is 0.390. The van der Waals surface area contributed by atoms with Gasteiger partial charge in [-0.3, -0.25) is 10.6 Å². The Morgan fingerprint density at radius 3 is 1.92 bits per heavy atom. The van der Waals surface area contributed by atoms with Crippen LogP contribution in [0.25, 0.3) is 0 Å². The molecule has 0 amide bonds. The van der Waals surface area contributed by atoms with E-state index in [1.54, 1.807) is 24.3 Å². The predicted octanol–water partition coefficient (Wildman–Crippen LogP) is -0.412. The molecule has 6 nitrogen and oxygen atoms in total. The summed E-state index contributed by atoms with van der Waals surface area (Å²) in [5.41, 5.74) is 3.48. The summed E-state index contributed by atoms with van der Waals surface area (Å²) in [6.45, 7) is 0. The van der Waals surface area contributed by atoms with E-state index in [9.17, 15) is 8.42 Å². The van der Waals surface area contributed by atoms with Gasteiger partial charge >= 0.3 is 0 Å². The average molecular weight is 202 g/mol. The lowest BCUT2D eigenvalue weighted by Crippen LogP contribution is -2.21. The Morgan fingerprint density at radius 2 is 1.54 bits per heavy atom. The largest absolute Gasteiger partial charge is 0.324 e. The van der Waals surface area contributed by atoms with Gasteiger partial charge in [-0.2, -0.15) is 8.42 Å². The van der Waals surface area contributed by atoms with Crippen LogP contribution in [0.1, 0.15) is 0 Å². The first-order chi connectivity index (χ1) is 6.01. The van der Waals surface area contributed by atoms with Crippen molar-refractivity contribution in [3.8, 4) is 0 Å². The molecule has 6 N–H and O–H groups in total. The summed E-state index contributed by atoms with van der Waals surface area (Å²) in [6, 6.07) is 6.32. The minimum atomic E-state index is -3.70. The molecule has 0 aliphatic rings. The highest BCUT2D eigenvalue weighted by molar-refractivity contribution is 7.90. The van der Waals surface area contributed by atoms with Crippen molar-refractivity contribution in [1.29, 1.82) is 0 Å². The quantitative estimate of drug-likeness (QED) is 0.394. The van der Waals surface area contributed by atoms with E-state index in [2.05, 4.69) is 10.1 Å². The molecule has 13 heavy (non-hydrogen) atoms. The van der Waals surface area contributed by atoms with Crippen molar-refractivity contribution in [3.63, 3.8) is 0 Å². The molecule has 0 spiro atoms. The summed E-state index contributed by atoms with van der Waals surface area (Å²) in [5, 5.41) is 4.76. The average Bonchev–Trinajstić information content (AvgIpc) is 2.03. The lowest BCUT2D eigenvalue weighted by Gasteiger charge is -2.04. The third-order valence-electron chi connectivity index (χ3n) is 1.31. The van der Waals surface area contributed by atoms with Crippen LogP contribution < -0.4 is 21.1 Å². The van der Waals surface area contributed by atoms with Crippen LogP contribution in [0, 0.1) is 0 Å². The third-order valence-corrected chi connectivity index (χ3v) is 1.83. The molecular weight excluding hydrogens is 192 g/mol. The van der Waals surface area contributed by atoms with E-state index in [0.717, 1.165) is 0 Å². The molecule has 0 atom stereocenters. The van der Waals surface area contributed by atoms with Gasteiger partial charge < -0.3 is 5.43 Å². The van der Waals surface area contributed by atoms with Gasteiger partial charge in [0.1, 0.15) is 0 Å². The first-order valence-electron chi connectivity index (χ1n) is 3.38. The summed E-state index contributed by atoms with van der Waals surface area (Å²) >= 11 is 0. The number of nitrogens with one attached hydrogen (secondary N) is 2. The van der Waals surface area contributed by atoms with Crippen molar-refractivity contribution >= 4 is 21.6 Å². The fourth-order valence-electron chi connectivity index (χ4n) is 0.799. The van der Waals surface area contributed by atoms with Gasteiger partial charge in [-0.05, 0) is 24.3 Å². The van der Waals surface area contributed by atoms with Crippen molar-refractivity contribution in [2.24, 2.45) is 11.0 Å². The van der Waals surface area contributed by atoms with Crippen LogP contribution in [0.3, 0.4) is 0 Å². The number of hydrogen-bond acceptors (Lipinski definition) is 4. The minimum Gasteiger partial charge on any atom is -0.324 e. The molecule has 1 rings (SSSR count). The summed E-state index contributed by atoms with van der Waals surface area (Å²) in [5.74, 6) is 5.11. The molecule has 0 unspecified atom stereocenters. The normalized spacial score (nSPS) is 10.9. The molecule has 0 aliphatic heterocycles. The zero-order valence-electron chi connectivity index (χ0n) is 6.69. The molecule has 1 aromatic carbocycles. The van der Waals surface area contributed by atoms with Crippen LogP contribution in [0.5, 0.6) is 0 Å². The second-order valence-corrected chi connectivity index (χ2v) is 3.66. The Balaban J connectivity index is 2.81. The predicted molar refractivity (Wildman–Crippen MR) is 51.0 cm³/mol. The fraction of sp³-hybridized carbons (Fsp3) is 0. The van der Waals surface area contributed by atoms with Crippen molar-refractivity contribution in [1.82, 2.24) is 0 Å². The van der Waals surface area contributed by atoms with Gasteiger partial charge in [-0.15, -0.1) is 0 Å². The molecule has 0 fully saturated rings. The molecule has 0 heterocycles. The topological polar surface area (TPSA) is 110 Å². The zero-order chi connectivity index (χ0) is 9.90. The molecule has 0 saturated carbocycles. The smallest absolute Gasteiger partial charge is 0.296 e. The van der Waals surface area contributed by atoms with Gasteiger partial charge in [-0.1, -0.05) is 0 Å². The number of nitrogens with two attached hydrogens (primary N) is 2. The van der Waals surface area contributed by atoms with Gasteiger partial charge in [0.15, 0.2) is 0 Å². The van der Waals surface area contributed by atoms with Crippen LogP contribution in [0.4, 0.5) is 11.4 Å². The summed E-state index contributed by atoms with van der Waals surface area (Å²) in [6.07, 6.45) is 0. The van der Waals surface area contributed by atoms with E-state index in [4.69, 9.17) is 11.0 Å². The van der Waals surface area contributed by atoms with Gasteiger partial charge in [0.05, 0.1) is 0 Å². The lowest BCUT2D eigenvalue weighted by molar-refractivity contribution is 0.603. The second-order valence-electron chi connectivity index (χ2n) is 2.37. The number of benzene rings is 1. The lowest BCUT2D eigenvalue weighted by atomic mass is 10.3. The Morgan fingerprint density at radius 1 is 1.08 bits per heavy atom. The van der Waals surface area contributed by atoms with E-state index < -0.39 is 10.2 Å². The number of hydrogen-bond donors (Lipinski definition) is 4. The van der Waals surface area contributed by atoms with Gasteiger partial charge in [0, 0.05) is 11.4 Å². The van der Waals surface area contributed by atoms with E-state index in [1.165, 1.54) is 0 Å². The maximum atomic E-state index is 10.6. The third kappa shape index (κ3) is 3.28. The van der Waals surface area contributed by atoms with E-state index in [0.29, 0.717) is 11.4 Å². The second kappa shape index (κ2) is 3.60. The maximum Gasteiger partial charge on any atom is 0.296 e. The summed E-state index contributed by atoms with van der Waals surface area (Å²) < 4.78 is 23.3. The Labute approximate surface area is 76.1 Å². The molecule has 0 aliphatic carbocycles. The van der Waals surface area contributed by atoms with Crippen molar-refractivity contribution in [3.05, 3.63) is 24.3 Å². The fourth-order valence-corrected chi connectivity index (χ4v) is 1.26. The van der Waals surface area contributed by atoms with Crippen molar-refractivity contribution in [2.75, 3.05) is 10.1 Å². The molecule has 0 aromatic heterocycles. The highest BCUT2D eigenvalue weighted by Gasteiger charge is 2.00. The van der Waals surface area contributed by atoms with E-state index in [1.807, 2.05) is 0 Å². The molecular formula is C6H10N4O2S. The zero-order valence-corrected chi connectivity index (χ0v) is 7.51. The van der Waals surface area contributed by atoms with Gasteiger partial charge in [0.2, 0.25) is 0 Å². The van der Waals surface area contributed by atoms with Gasteiger partial charge in [-0.25, -0.2) is 5.14 Å². The highest BCUT2D eigenvalue weighted by atomic mass is 32.2. The Hall–Kier alpha value is -1.31. The molecule has 7 heteroatoms. The SMILES string of the molecule is NNc1ccc(NS(N)(=O)=O)cc1. The monoisotopic (exact) mass is 202 g/mol. The van der Waals surface area contributed by atoms with Crippen LogP contribution in [0.2, 0.25) is 0 Å². The van der Waals surface area contributed by atoms with Crippen LogP contribution in [-0.4, -0.2) is 8.42 Å². The van der Waals surface area contributed by atoms with E-state index >= 15 is 0 Å². The van der Waals surface area contributed by atoms with Crippen LogP contribution >= 0.6 is 0 Å². The highest BCUT2D eigenvalue weighted by Crippen LogP contribution is 2.12. The Kier molecular flexibility index (Phi) is 2.71. The number of rotatable bonds is 3.